The molecule has 0 fully saturated rings. The molecule has 0 spiro atoms. The predicted octanol–water partition coefficient (Wildman–Crippen LogP) is 2.58. The van der Waals surface area contributed by atoms with Crippen molar-refractivity contribution in [1.82, 2.24) is 4.90 Å². The van der Waals surface area contributed by atoms with Crippen molar-refractivity contribution >= 4 is 23.5 Å². The molecule has 1 aliphatic heterocycles. The lowest BCUT2D eigenvalue weighted by atomic mass is 10.0. The fraction of sp³-hybridized carbons (Fsp3) is 0.333. The highest BCUT2D eigenvalue weighted by Crippen LogP contribution is 2.29. The van der Waals surface area contributed by atoms with Gasteiger partial charge in [-0.05, 0) is 31.5 Å². The van der Waals surface area contributed by atoms with Crippen LogP contribution >= 0.6 is 11.6 Å². The highest BCUT2D eigenvalue weighted by molar-refractivity contribution is 6.30. The third-order valence-electron chi connectivity index (χ3n) is 2.75. The van der Waals surface area contributed by atoms with Gasteiger partial charge in [0.25, 0.3) is 0 Å². The van der Waals surface area contributed by atoms with Gasteiger partial charge in [0.05, 0.1) is 0 Å². The lowest BCUT2D eigenvalue weighted by Crippen LogP contribution is -2.38. The molecule has 0 aliphatic carbocycles. The number of halogens is 1. The van der Waals surface area contributed by atoms with Crippen molar-refractivity contribution in [3.8, 4) is 0 Å². The van der Waals surface area contributed by atoms with E-state index in [1.165, 1.54) is 0 Å². The summed E-state index contributed by atoms with van der Waals surface area (Å²) in [6, 6.07) is 6.79. The summed E-state index contributed by atoms with van der Waals surface area (Å²) in [5.74, 6) is 0.339. The zero-order valence-corrected chi connectivity index (χ0v) is 10.5. The molecule has 17 heavy (non-hydrogen) atoms. The fourth-order valence-electron chi connectivity index (χ4n) is 1.98. The number of amides is 2. The van der Waals surface area contributed by atoms with Gasteiger partial charge in [-0.3, -0.25) is 0 Å². The molecule has 1 aromatic carbocycles. The van der Waals surface area contributed by atoms with Crippen LogP contribution in [0, 0.1) is 0 Å². The van der Waals surface area contributed by atoms with Crippen LogP contribution < -0.4 is 5.73 Å². The summed E-state index contributed by atoms with van der Waals surface area (Å²) in [6.07, 6.45) is 0. The van der Waals surface area contributed by atoms with E-state index < -0.39 is 0 Å². The van der Waals surface area contributed by atoms with Gasteiger partial charge in [0.1, 0.15) is 11.9 Å². The number of hydrogen-bond acceptors (Lipinski definition) is 2. The molecular weight excluding hydrogens is 238 g/mol. The van der Waals surface area contributed by atoms with Crippen molar-refractivity contribution in [2.24, 2.45) is 10.7 Å². The van der Waals surface area contributed by atoms with Crippen molar-refractivity contribution in [2.75, 3.05) is 0 Å². The van der Waals surface area contributed by atoms with Crippen molar-refractivity contribution in [1.29, 1.82) is 0 Å². The van der Waals surface area contributed by atoms with Crippen LogP contribution in [0.2, 0.25) is 5.02 Å². The number of benzene rings is 1. The normalized spacial score (nSPS) is 20.0. The Bertz CT molecular complexity index is 467. The average molecular weight is 252 g/mol. The molecule has 1 unspecified atom stereocenters. The number of aliphatic imine (C=N–C) groups is 1. The molecule has 90 valence electrons. The lowest BCUT2D eigenvalue weighted by Gasteiger charge is -2.28. The van der Waals surface area contributed by atoms with Crippen LogP contribution in [0.4, 0.5) is 4.79 Å². The van der Waals surface area contributed by atoms with Crippen LogP contribution in [0.5, 0.6) is 0 Å². The Balaban J connectivity index is 2.39. The average Bonchev–Trinajstić information content (AvgIpc) is 2.55. The molecular formula is C12H14ClN3O. The second-order valence-corrected chi connectivity index (χ2v) is 4.71. The highest BCUT2D eigenvalue weighted by Gasteiger charge is 2.35. The molecule has 1 atom stereocenters. The highest BCUT2D eigenvalue weighted by atomic mass is 35.5. The first-order chi connectivity index (χ1) is 8.00. The van der Waals surface area contributed by atoms with E-state index in [1.54, 1.807) is 17.0 Å². The molecule has 2 rings (SSSR count). The molecule has 0 aromatic heterocycles. The number of carbonyl (C=O) groups excluding carboxylic acids is 1. The Morgan fingerprint density at radius 2 is 1.94 bits per heavy atom. The molecule has 0 radical (unpaired) electrons. The number of rotatable bonds is 2. The van der Waals surface area contributed by atoms with Gasteiger partial charge >= 0.3 is 6.03 Å². The van der Waals surface area contributed by atoms with Crippen molar-refractivity contribution in [2.45, 2.75) is 25.9 Å². The van der Waals surface area contributed by atoms with Crippen LogP contribution in [0.3, 0.4) is 0 Å². The number of hydrogen-bond donors (Lipinski definition) is 1. The Labute approximate surface area is 105 Å². The van der Waals surface area contributed by atoms with Gasteiger partial charge in [-0.15, -0.1) is 0 Å². The van der Waals surface area contributed by atoms with Crippen molar-refractivity contribution in [3.05, 3.63) is 34.9 Å². The fourth-order valence-corrected chi connectivity index (χ4v) is 2.10. The third-order valence-corrected chi connectivity index (χ3v) is 3.00. The summed E-state index contributed by atoms with van der Waals surface area (Å²) < 4.78 is 0. The van der Waals surface area contributed by atoms with Crippen molar-refractivity contribution in [3.63, 3.8) is 0 Å². The predicted molar refractivity (Wildman–Crippen MR) is 68.2 cm³/mol. The first-order valence-electron chi connectivity index (χ1n) is 5.42. The van der Waals surface area contributed by atoms with E-state index >= 15 is 0 Å². The lowest BCUT2D eigenvalue weighted by molar-refractivity contribution is 0.190. The first kappa shape index (κ1) is 11.9. The topological polar surface area (TPSA) is 58.7 Å². The molecule has 0 saturated carbocycles. The maximum atomic E-state index is 11.7. The quantitative estimate of drug-likeness (QED) is 0.878. The van der Waals surface area contributed by atoms with Crippen molar-refractivity contribution < 1.29 is 4.79 Å². The summed E-state index contributed by atoms with van der Waals surface area (Å²) in [6.45, 7) is 3.88. The first-order valence-corrected chi connectivity index (χ1v) is 5.80. The van der Waals surface area contributed by atoms with Gasteiger partial charge in [0.2, 0.25) is 0 Å². The minimum atomic E-state index is -0.280. The zero-order valence-electron chi connectivity index (χ0n) is 9.72. The second kappa shape index (κ2) is 4.37. The minimum Gasteiger partial charge on any atom is -0.385 e. The second-order valence-electron chi connectivity index (χ2n) is 4.27. The number of urea groups is 1. The Kier molecular flexibility index (Phi) is 3.07. The smallest absolute Gasteiger partial charge is 0.346 e. The van der Waals surface area contributed by atoms with Gasteiger partial charge < -0.3 is 10.6 Å². The number of nitrogens with zero attached hydrogens (tertiary/aromatic N) is 2. The van der Waals surface area contributed by atoms with Crippen LogP contribution in [0.1, 0.15) is 25.5 Å². The summed E-state index contributed by atoms with van der Waals surface area (Å²) in [7, 11) is 0. The largest absolute Gasteiger partial charge is 0.385 e. The molecule has 1 heterocycles. The Morgan fingerprint density at radius 3 is 2.47 bits per heavy atom. The summed E-state index contributed by atoms with van der Waals surface area (Å²) in [5, 5.41) is 0.657. The number of nitrogens with two attached hydrogens (primary N) is 1. The van der Waals surface area contributed by atoms with Gasteiger partial charge in [-0.25, -0.2) is 4.79 Å². The maximum absolute atomic E-state index is 11.7. The SMILES string of the molecule is CC(C)N1C(=O)N=C(N)C1c1ccc(Cl)cc1. The van der Waals surface area contributed by atoms with Gasteiger partial charge in [-0.1, -0.05) is 23.7 Å². The van der Waals surface area contributed by atoms with Crippen LogP contribution in [-0.4, -0.2) is 22.8 Å². The summed E-state index contributed by atoms with van der Waals surface area (Å²) >= 11 is 5.84. The van der Waals surface area contributed by atoms with E-state index in [9.17, 15) is 4.79 Å². The summed E-state index contributed by atoms with van der Waals surface area (Å²) in [4.78, 5) is 17.2. The van der Waals surface area contributed by atoms with E-state index in [1.807, 2.05) is 26.0 Å². The van der Waals surface area contributed by atoms with Gasteiger partial charge in [-0.2, -0.15) is 4.99 Å². The molecule has 0 saturated heterocycles. The zero-order chi connectivity index (χ0) is 12.6. The molecule has 1 aliphatic rings. The molecule has 0 bridgehead atoms. The molecule has 4 nitrogen and oxygen atoms in total. The van der Waals surface area contributed by atoms with Crippen LogP contribution in [0.15, 0.2) is 29.3 Å². The van der Waals surface area contributed by atoms with E-state index in [-0.39, 0.29) is 18.1 Å². The van der Waals surface area contributed by atoms with Gasteiger partial charge in [0.15, 0.2) is 0 Å². The van der Waals surface area contributed by atoms with E-state index in [0.29, 0.717) is 10.9 Å². The Morgan fingerprint density at radius 1 is 1.35 bits per heavy atom. The minimum absolute atomic E-state index is 0.0491. The standard InChI is InChI=1S/C12H14ClN3O/c1-7(2)16-10(11(14)15-12(16)17)8-3-5-9(13)6-4-8/h3-7,10H,1-2H3,(H2,14,15,17). The van der Waals surface area contributed by atoms with Crippen LogP contribution in [0.25, 0.3) is 0 Å². The van der Waals surface area contributed by atoms with Crippen LogP contribution in [-0.2, 0) is 0 Å². The van der Waals surface area contributed by atoms with E-state index in [0.717, 1.165) is 5.56 Å². The molecule has 2 N–H and O–H groups in total. The third kappa shape index (κ3) is 2.13. The number of amidine groups is 1. The molecule has 5 heteroatoms. The summed E-state index contributed by atoms with van der Waals surface area (Å²) in [5.41, 5.74) is 6.75. The van der Waals surface area contributed by atoms with E-state index in [2.05, 4.69) is 4.99 Å². The number of carbonyl (C=O) groups is 1. The maximum Gasteiger partial charge on any atom is 0.346 e. The molecule has 2 amide bonds. The Hall–Kier alpha value is -1.55. The monoisotopic (exact) mass is 251 g/mol. The molecule has 1 aromatic rings. The van der Waals surface area contributed by atoms with Gasteiger partial charge in [0, 0.05) is 11.1 Å². The van der Waals surface area contributed by atoms with E-state index in [4.69, 9.17) is 17.3 Å².